The molecule has 0 saturated carbocycles. The molecule has 0 fully saturated rings. The zero-order valence-corrected chi connectivity index (χ0v) is 10.5. The van der Waals surface area contributed by atoms with Crippen molar-refractivity contribution in [3.8, 4) is 11.3 Å². The van der Waals surface area contributed by atoms with Crippen molar-refractivity contribution < 1.29 is 0 Å². The Hall–Kier alpha value is -0.860. The van der Waals surface area contributed by atoms with E-state index < -0.39 is 0 Å². The van der Waals surface area contributed by atoms with Crippen LogP contribution in [0.15, 0.2) is 17.5 Å². The molecule has 2 rings (SSSR count). The molecule has 0 spiro atoms. The second kappa shape index (κ2) is 3.95. The summed E-state index contributed by atoms with van der Waals surface area (Å²) in [6.45, 7) is 6.34. The lowest BCUT2D eigenvalue weighted by Gasteiger charge is -2.08. The molecule has 0 aliphatic carbocycles. The Morgan fingerprint density at radius 1 is 1.13 bits per heavy atom. The van der Waals surface area contributed by atoms with E-state index in [1.54, 1.807) is 0 Å². The van der Waals surface area contributed by atoms with Gasteiger partial charge in [0.2, 0.25) is 0 Å². The van der Waals surface area contributed by atoms with E-state index in [1.165, 1.54) is 33.6 Å². The molecule has 0 bridgehead atoms. The van der Waals surface area contributed by atoms with Crippen LogP contribution in [0, 0.1) is 20.8 Å². The van der Waals surface area contributed by atoms with Gasteiger partial charge >= 0.3 is 0 Å². The summed E-state index contributed by atoms with van der Waals surface area (Å²) < 4.78 is 0.601. The van der Waals surface area contributed by atoms with E-state index in [0.29, 0.717) is 4.47 Å². The van der Waals surface area contributed by atoms with Gasteiger partial charge in [-0.25, -0.2) is 4.98 Å². The minimum atomic E-state index is 0.601. The van der Waals surface area contributed by atoms with Crippen molar-refractivity contribution in [3.63, 3.8) is 0 Å². The molecule has 78 valence electrons. The normalized spacial score (nSPS) is 10.7. The van der Waals surface area contributed by atoms with E-state index in [0.717, 1.165) is 5.69 Å². The molecule has 0 atom stereocenters. The minimum Gasteiger partial charge on any atom is -0.225 e. The number of benzene rings is 1. The number of aryl methyl sites for hydroxylation is 3. The predicted molar refractivity (Wildman–Crippen MR) is 66.8 cm³/mol. The highest BCUT2D eigenvalue weighted by atomic mass is 35.5. The van der Waals surface area contributed by atoms with Crippen molar-refractivity contribution in [3.05, 3.63) is 38.7 Å². The third-order valence-corrected chi connectivity index (χ3v) is 3.39. The maximum Gasteiger partial charge on any atom is 0.184 e. The zero-order chi connectivity index (χ0) is 11.0. The summed E-state index contributed by atoms with van der Waals surface area (Å²) >= 11 is 7.33. The molecule has 0 aliphatic heterocycles. The molecule has 15 heavy (non-hydrogen) atoms. The Labute approximate surface area is 98.7 Å². The molecule has 0 N–H and O–H groups in total. The Morgan fingerprint density at radius 2 is 1.73 bits per heavy atom. The molecular formula is C12H12ClNS. The smallest absolute Gasteiger partial charge is 0.184 e. The fourth-order valence-corrected chi connectivity index (χ4v) is 2.71. The summed E-state index contributed by atoms with van der Waals surface area (Å²) in [5, 5.41) is 2.01. The van der Waals surface area contributed by atoms with Gasteiger partial charge in [-0.2, -0.15) is 0 Å². The first-order valence-corrected chi connectivity index (χ1v) is 6.03. The second-order valence-corrected chi connectivity index (χ2v) is 5.20. The van der Waals surface area contributed by atoms with E-state index in [1.807, 2.05) is 5.38 Å². The lowest BCUT2D eigenvalue weighted by molar-refractivity contribution is 1.29. The zero-order valence-electron chi connectivity index (χ0n) is 8.97. The van der Waals surface area contributed by atoms with E-state index >= 15 is 0 Å². The van der Waals surface area contributed by atoms with Gasteiger partial charge in [0.25, 0.3) is 0 Å². The first kappa shape index (κ1) is 10.7. The summed E-state index contributed by atoms with van der Waals surface area (Å²) in [5.41, 5.74) is 6.00. The van der Waals surface area contributed by atoms with Gasteiger partial charge in [0.1, 0.15) is 0 Å². The van der Waals surface area contributed by atoms with Crippen LogP contribution < -0.4 is 0 Å². The molecule has 0 amide bonds. The highest BCUT2D eigenvalue weighted by Crippen LogP contribution is 2.30. The van der Waals surface area contributed by atoms with Crippen LogP contribution in [0.5, 0.6) is 0 Å². The number of halogens is 1. The van der Waals surface area contributed by atoms with Crippen LogP contribution in [0.25, 0.3) is 11.3 Å². The predicted octanol–water partition coefficient (Wildman–Crippen LogP) is 4.39. The van der Waals surface area contributed by atoms with Crippen LogP contribution in [0.2, 0.25) is 4.47 Å². The molecule has 0 radical (unpaired) electrons. The maximum atomic E-state index is 5.85. The van der Waals surface area contributed by atoms with Crippen LogP contribution in [-0.4, -0.2) is 4.98 Å². The molecule has 3 heteroatoms. The Morgan fingerprint density at radius 3 is 2.20 bits per heavy atom. The number of aromatic nitrogens is 1. The van der Waals surface area contributed by atoms with Crippen LogP contribution in [0.1, 0.15) is 16.7 Å². The largest absolute Gasteiger partial charge is 0.225 e. The molecule has 0 unspecified atom stereocenters. The number of rotatable bonds is 1. The Bertz CT molecular complexity index is 479. The van der Waals surface area contributed by atoms with Gasteiger partial charge in [-0.15, -0.1) is 11.3 Å². The third-order valence-electron chi connectivity index (χ3n) is 2.41. The molecule has 1 aromatic heterocycles. The van der Waals surface area contributed by atoms with Crippen molar-refractivity contribution in [2.75, 3.05) is 0 Å². The maximum absolute atomic E-state index is 5.85. The van der Waals surface area contributed by atoms with Gasteiger partial charge in [0.05, 0.1) is 5.69 Å². The molecule has 0 aliphatic rings. The summed E-state index contributed by atoms with van der Waals surface area (Å²) in [6.07, 6.45) is 0. The van der Waals surface area contributed by atoms with Gasteiger partial charge < -0.3 is 0 Å². The highest BCUT2D eigenvalue weighted by molar-refractivity contribution is 7.14. The first-order chi connectivity index (χ1) is 7.08. The summed E-state index contributed by atoms with van der Waals surface area (Å²) in [5.74, 6) is 0. The SMILES string of the molecule is Cc1cc(C)c(-c2csc(Cl)n2)c(C)c1. The van der Waals surface area contributed by atoms with Crippen LogP contribution in [0.4, 0.5) is 0 Å². The third kappa shape index (κ3) is 2.06. The topological polar surface area (TPSA) is 12.9 Å². The average molecular weight is 238 g/mol. The fraction of sp³-hybridized carbons (Fsp3) is 0.250. The lowest BCUT2D eigenvalue weighted by atomic mass is 9.98. The van der Waals surface area contributed by atoms with Crippen molar-refractivity contribution in [1.29, 1.82) is 0 Å². The molecule has 1 heterocycles. The molecule has 0 saturated heterocycles. The van der Waals surface area contributed by atoms with Gasteiger partial charge in [-0.3, -0.25) is 0 Å². The van der Waals surface area contributed by atoms with Crippen LogP contribution in [0.3, 0.4) is 0 Å². The standard InChI is InChI=1S/C12H12ClNS/c1-7-4-8(2)11(9(3)5-7)10-6-15-12(13)14-10/h4-6H,1-3H3. The van der Waals surface area contributed by atoms with Gasteiger partial charge in [-0.1, -0.05) is 29.3 Å². The average Bonchev–Trinajstić information content (AvgIpc) is 2.49. The summed E-state index contributed by atoms with van der Waals surface area (Å²) in [7, 11) is 0. The van der Waals surface area contributed by atoms with Gasteiger partial charge in [0, 0.05) is 10.9 Å². The Kier molecular flexibility index (Phi) is 2.81. The van der Waals surface area contributed by atoms with Gasteiger partial charge in [-0.05, 0) is 31.9 Å². The molecule has 1 aromatic carbocycles. The van der Waals surface area contributed by atoms with Crippen molar-refractivity contribution in [1.82, 2.24) is 4.98 Å². The number of thiazole rings is 1. The molecular weight excluding hydrogens is 226 g/mol. The monoisotopic (exact) mass is 237 g/mol. The second-order valence-electron chi connectivity index (χ2n) is 3.76. The van der Waals surface area contributed by atoms with E-state index in [4.69, 9.17) is 11.6 Å². The lowest BCUT2D eigenvalue weighted by Crippen LogP contribution is -1.89. The van der Waals surface area contributed by atoms with E-state index in [9.17, 15) is 0 Å². The first-order valence-electron chi connectivity index (χ1n) is 4.77. The number of hydrogen-bond donors (Lipinski definition) is 0. The number of hydrogen-bond acceptors (Lipinski definition) is 2. The molecule has 1 nitrogen and oxygen atoms in total. The Balaban J connectivity index is 2.62. The minimum absolute atomic E-state index is 0.601. The quantitative estimate of drug-likeness (QED) is 0.717. The van der Waals surface area contributed by atoms with E-state index in [-0.39, 0.29) is 0 Å². The van der Waals surface area contributed by atoms with Crippen molar-refractivity contribution >= 4 is 22.9 Å². The van der Waals surface area contributed by atoms with Crippen molar-refractivity contribution in [2.45, 2.75) is 20.8 Å². The summed E-state index contributed by atoms with van der Waals surface area (Å²) in [6, 6.07) is 4.35. The highest BCUT2D eigenvalue weighted by Gasteiger charge is 2.09. The van der Waals surface area contributed by atoms with Crippen LogP contribution >= 0.6 is 22.9 Å². The van der Waals surface area contributed by atoms with Gasteiger partial charge in [0.15, 0.2) is 4.47 Å². The van der Waals surface area contributed by atoms with Crippen molar-refractivity contribution in [2.24, 2.45) is 0 Å². The van der Waals surface area contributed by atoms with E-state index in [2.05, 4.69) is 37.9 Å². The number of nitrogens with zero attached hydrogens (tertiary/aromatic N) is 1. The van der Waals surface area contributed by atoms with Crippen LogP contribution in [-0.2, 0) is 0 Å². The molecule has 2 aromatic rings. The summed E-state index contributed by atoms with van der Waals surface area (Å²) in [4.78, 5) is 4.32. The fourth-order valence-electron chi connectivity index (χ4n) is 1.95.